The number of pyridine rings is 1. The summed E-state index contributed by atoms with van der Waals surface area (Å²) in [5, 5.41) is 0.675. The number of rotatable bonds is 4. The van der Waals surface area contributed by atoms with Crippen LogP contribution in [0.25, 0.3) is 10.9 Å². The fourth-order valence-electron chi connectivity index (χ4n) is 4.80. The highest BCUT2D eigenvalue weighted by molar-refractivity contribution is 5.83. The topological polar surface area (TPSA) is 45.5 Å². The molecule has 1 aromatic carbocycles. The number of amides is 1. The van der Waals surface area contributed by atoms with Gasteiger partial charge in [-0.15, -0.1) is 0 Å². The Morgan fingerprint density at radius 3 is 2.68 bits per heavy atom. The predicted molar refractivity (Wildman–Crippen MR) is 112 cm³/mol. The molecule has 0 spiro atoms. The van der Waals surface area contributed by atoms with Crippen LogP contribution in [0.1, 0.15) is 32.4 Å². The maximum absolute atomic E-state index is 13.2. The van der Waals surface area contributed by atoms with Crippen LogP contribution in [0.2, 0.25) is 0 Å². The maximum atomic E-state index is 13.2. The van der Waals surface area contributed by atoms with Gasteiger partial charge in [0.25, 0.3) is 0 Å². The van der Waals surface area contributed by atoms with Gasteiger partial charge in [0.2, 0.25) is 5.91 Å². The number of aromatic nitrogens is 1. The lowest BCUT2D eigenvalue weighted by molar-refractivity contribution is -0.132. The second-order valence-electron chi connectivity index (χ2n) is 8.33. The Balaban J connectivity index is 1.54. The number of carbonyl (C=O) groups excluding carboxylic acids is 1. The number of hydrogen-bond acceptors (Lipinski definition) is 3. The van der Waals surface area contributed by atoms with E-state index in [0.717, 1.165) is 43.7 Å². The molecular formula is C23H29N3O2. The Bertz CT molecular complexity index is 987. The number of para-hydroxylation sites is 1. The standard InChI is InChI=1S/C23H29N3O2/c1-16(2)8-11-24-12-9-21-20(24)10-13-25(21)23(28)15-26-17(3)14-22(27)18-6-4-5-7-19(18)26/h4-8,14,20-21H,9-13,15H2,1-3H3/t20-,21-/m0/s1. The molecule has 0 aliphatic carbocycles. The third-order valence-corrected chi connectivity index (χ3v) is 6.27. The van der Waals surface area contributed by atoms with E-state index in [-0.39, 0.29) is 11.3 Å². The smallest absolute Gasteiger partial charge is 0.242 e. The van der Waals surface area contributed by atoms with Crippen molar-refractivity contribution in [1.82, 2.24) is 14.4 Å². The summed E-state index contributed by atoms with van der Waals surface area (Å²) in [4.78, 5) is 30.1. The van der Waals surface area contributed by atoms with E-state index in [0.29, 0.717) is 24.0 Å². The van der Waals surface area contributed by atoms with E-state index in [1.165, 1.54) is 5.57 Å². The molecule has 1 amide bonds. The third-order valence-electron chi connectivity index (χ3n) is 6.27. The molecule has 2 saturated heterocycles. The lowest BCUT2D eigenvalue weighted by Gasteiger charge is -2.26. The number of fused-ring (bicyclic) bond motifs is 2. The minimum atomic E-state index is 0.0174. The van der Waals surface area contributed by atoms with Gasteiger partial charge in [0.1, 0.15) is 6.54 Å². The quantitative estimate of drug-likeness (QED) is 0.768. The lowest BCUT2D eigenvalue weighted by Crippen LogP contribution is -2.41. The summed E-state index contributed by atoms with van der Waals surface area (Å²) in [6.07, 6.45) is 4.39. The highest BCUT2D eigenvalue weighted by Gasteiger charge is 2.43. The fourth-order valence-corrected chi connectivity index (χ4v) is 4.80. The van der Waals surface area contributed by atoms with Crippen molar-refractivity contribution in [2.24, 2.45) is 0 Å². The number of nitrogens with zero attached hydrogens (tertiary/aromatic N) is 3. The summed E-state index contributed by atoms with van der Waals surface area (Å²) in [5.41, 5.74) is 3.04. The van der Waals surface area contributed by atoms with Gasteiger partial charge in [0, 0.05) is 48.9 Å². The monoisotopic (exact) mass is 379 g/mol. The van der Waals surface area contributed by atoms with Crippen LogP contribution in [0, 0.1) is 6.92 Å². The molecule has 148 valence electrons. The van der Waals surface area contributed by atoms with E-state index in [1.807, 2.05) is 35.8 Å². The zero-order valence-electron chi connectivity index (χ0n) is 17.0. The molecule has 0 radical (unpaired) electrons. The van der Waals surface area contributed by atoms with Gasteiger partial charge in [0.05, 0.1) is 5.52 Å². The van der Waals surface area contributed by atoms with Crippen LogP contribution in [0.3, 0.4) is 0 Å². The number of aryl methyl sites for hydroxylation is 1. The molecule has 28 heavy (non-hydrogen) atoms. The van der Waals surface area contributed by atoms with E-state index >= 15 is 0 Å². The predicted octanol–water partition coefficient (Wildman–Crippen LogP) is 2.95. The largest absolute Gasteiger partial charge is 0.336 e. The van der Waals surface area contributed by atoms with Gasteiger partial charge in [-0.1, -0.05) is 23.8 Å². The Morgan fingerprint density at radius 1 is 1.14 bits per heavy atom. The van der Waals surface area contributed by atoms with Gasteiger partial charge in [-0.05, 0) is 45.7 Å². The number of likely N-dealkylation sites (tertiary alicyclic amines) is 2. The normalized spacial score (nSPS) is 21.9. The Labute approximate surface area is 166 Å². The van der Waals surface area contributed by atoms with Gasteiger partial charge in [-0.3, -0.25) is 14.5 Å². The van der Waals surface area contributed by atoms with Gasteiger partial charge < -0.3 is 9.47 Å². The summed E-state index contributed by atoms with van der Waals surface area (Å²) in [5.74, 6) is 0.161. The van der Waals surface area contributed by atoms with E-state index in [9.17, 15) is 9.59 Å². The van der Waals surface area contributed by atoms with Crippen molar-refractivity contribution in [1.29, 1.82) is 0 Å². The average molecular weight is 380 g/mol. The van der Waals surface area contributed by atoms with Crippen molar-refractivity contribution in [3.05, 3.63) is 57.9 Å². The molecule has 5 nitrogen and oxygen atoms in total. The Hall–Kier alpha value is -2.40. The van der Waals surface area contributed by atoms with Gasteiger partial charge in [-0.25, -0.2) is 0 Å². The van der Waals surface area contributed by atoms with Crippen molar-refractivity contribution in [2.75, 3.05) is 19.6 Å². The second kappa shape index (κ2) is 7.55. The first kappa shape index (κ1) is 18.9. The van der Waals surface area contributed by atoms with Crippen LogP contribution in [0.5, 0.6) is 0 Å². The molecule has 2 atom stereocenters. The van der Waals surface area contributed by atoms with Gasteiger partial charge >= 0.3 is 0 Å². The van der Waals surface area contributed by atoms with E-state index in [1.54, 1.807) is 6.07 Å². The first-order valence-corrected chi connectivity index (χ1v) is 10.2. The summed E-state index contributed by atoms with van der Waals surface area (Å²) in [6.45, 7) is 9.34. The lowest BCUT2D eigenvalue weighted by atomic mass is 10.1. The van der Waals surface area contributed by atoms with Crippen molar-refractivity contribution < 1.29 is 4.79 Å². The molecule has 2 fully saturated rings. The molecule has 3 heterocycles. The maximum Gasteiger partial charge on any atom is 0.242 e. The van der Waals surface area contributed by atoms with Crippen LogP contribution in [0.4, 0.5) is 0 Å². The molecule has 1 aromatic heterocycles. The zero-order chi connectivity index (χ0) is 19.8. The SMILES string of the molecule is CC(C)=CCN1CC[C@H]2[C@@H]1CCN2C(=O)Cn1c(C)cc(=O)c2ccccc21. The number of benzene rings is 1. The van der Waals surface area contributed by atoms with Gasteiger partial charge in [-0.2, -0.15) is 0 Å². The number of allylic oxidation sites excluding steroid dienone is 1. The van der Waals surface area contributed by atoms with Crippen LogP contribution in [0.15, 0.2) is 46.8 Å². The van der Waals surface area contributed by atoms with Crippen molar-refractivity contribution in [3.63, 3.8) is 0 Å². The summed E-state index contributed by atoms with van der Waals surface area (Å²) in [6, 6.07) is 10.00. The van der Waals surface area contributed by atoms with Crippen molar-refractivity contribution in [3.8, 4) is 0 Å². The van der Waals surface area contributed by atoms with E-state index in [2.05, 4.69) is 29.7 Å². The van der Waals surface area contributed by atoms with E-state index < -0.39 is 0 Å². The Kier molecular flexibility index (Phi) is 5.11. The molecule has 2 aliphatic heterocycles. The molecule has 0 unspecified atom stereocenters. The molecule has 2 aromatic rings. The molecule has 0 saturated carbocycles. The molecular weight excluding hydrogens is 350 g/mol. The van der Waals surface area contributed by atoms with Crippen LogP contribution < -0.4 is 5.43 Å². The molecule has 0 bridgehead atoms. The average Bonchev–Trinajstić information content (AvgIpc) is 3.25. The van der Waals surface area contributed by atoms with Crippen LogP contribution >= 0.6 is 0 Å². The summed E-state index contributed by atoms with van der Waals surface area (Å²) >= 11 is 0. The molecule has 0 N–H and O–H groups in total. The first-order valence-electron chi connectivity index (χ1n) is 10.2. The summed E-state index contributed by atoms with van der Waals surface area (Å²) < 4.78 is 1.99. The minimum Gasteiger partial charge on any atom is -0.336 e. The zero-order valence-corrected chi connectivity index (χ0v) is 17.0. The summed E-state index contributed by atoms with van der Waals surface area (Å²) in [7, 11) is 0. The van der Waals surface area contributed by atoms with Crippen LogP contribution in [-0.4, -0.2) is 52.0 Å². The molecule has 5 heteroatoms. The molecule has 4 rings (SSSR count). The highest BCUT2D eigenvalue weighted by Crippen LogP contribution is 2.32. The van der Waals surface area contributed by atoms with Crippen molar-refractivity contribution >= 4 is 16.8 Å². The number of hydrogen-bond donors (Lipinski definition) is 0. The Morgan fingerprint density at radius 2 is 1.89 bits per heavy atom. The fraction of sp³-hybridized carbons (Fsp3) is 0.478. The van der Waals surface area contributed by atoms with Crippen molar-refractivity contribution in [2.45, 2.75) is 52.2 Å². The third kappa shape index (κ3) is 3.39. The second-order valence-corrected chi connectivity index (χ2v) is 8.33. The first-order chi connectivity index (χ1) is 13.5. The van der Waals surface area contributed by atoms with E-state index in [4.69, 9.17) is 0 Å². The van der Waals surface area contributed by atoms with Gasteiger partial charge in [0.15, 0.2) is 5.43 Å². The molecule has 2 aliphatic rings. The number of carbonyl (C=O) groups is 1. The van der Waals surface area contributed by atoms with Crippen LogP contribution in [-0.2, 0) is 11.3 Å². The highest BCUT2D eigenvalue weighted by atomic mass is 16.2. The minimum absolute atomic E-state index is 0.0174.